The highest BCUT2D eigenvalue weighted by Crippen LogP contribution is 2.27. The Morgan fingerprint density at radius 2 is 1.80 bits per heavy atom. The lowest BCUT2D eigenvalue weighted by atomic mass is 9.96. The van der Waals surface area contributed by atoms with Gasteiger partial charge in [-0.25, -0.2) is 0 Å². The molecular weight excluding hydrogens is 318 g/mol. The van der Waals surface area contributed by atoms with E-state index < -0.39 is 6.10 Å². The van der Waals surface area contributed by atoms with Crippen LogP contribution in [0.2, 0.25) is 0 Å². The van der Waals surface area contributed by atoms with Crippen LogP contribution in [0.4, 0.5) is 0 Å². The molecule has 1 heterocycles. The molecule has 0 radical (unpaired) electrons. The van der Waals surface area contributed by atoms with Crippen molar-refractivity contribution in [3.8, 4) is 5.75 Å². The van der Waals surface area contributed by atoms with Crippen LogP contribution in [0.1, 0.15) is 52.0 Å². The van der Waals surface area contributed by atoms with Crippen molar-refractivity contribution in [1.82, 2.24) is 4.90 Å². The number of carbonyl (C=O) groups is 2. The van der Waals surface area contributed by atoms with Crippen LogP contribution in [-0.2, 0) is 14.3 Å². The fraction of sp³-hybridized carbons (Fsp3) is 0.600. The maximum absolute atomic E-state index is 12.7. The van der Waals surface area contributed by atoms with Gasteiger partial charge in [-0.3, -0.25) is 9.59 Å². The molecular formula is C20H29NO4. The summed E-state index contributed by atoms with van der Waals surface area (Å²) in [5.74, 6) is 0.825. The minimum absolute atomic E-state index is 0.0270. The fourth-order valence-electron chi connectivity index (χ4n) is 3.16. The molecule has 0 spiro atoms. The Bertz CT molecular complexity index is 591. The van der Waals surface area contributed by atoms with Gasteiger partial charge in [0.1, 0.15) is 5.75 Å². The molecule has 0 aliphatic carbocycles. The molecule has 1 fully saturated rings. The summed E-state index contributed by atoms with van der Waals surface area (Å²) in [7, 11) is 0. The van der Waals surface area contributed by atoms with Gasteiger partial charge in [0.25, 0.3) is 5.91 Å². The van der Waals surface area contributed by atoms with E-state index in [2.05, 4.69) is 13.8 Å². The highest BCUT2D eigenvalue weighted by molar-refractivity contribution is 5.81. The van der Waals surface area contributed by atoms with Crippen molar-refractivity contribution >= 4 is 11.9 Å². The molecule has 0 bridgehead atoms. The van der Waals surface area contributed by atoms with Gasteiger partial charge in [-0.1, -0.05) is 32.0 Å². The minimum atomic E-state index is -0.543. The minimum Gasteiger partial charge on any atom is -0.481 e. The highest BCUT2D eigenvalue weighted by Gasteiger charge is 2.30. The average molecular weight is 347 g/mol. The van der Waals surface area contributed by atoms with Crippen LogP contribution in [0.3, 0.4) is 0 Å². The fourth-order valence-corrected chi connectivity index (χ4v) is 3.16. The summed E-state index contributed by atoms with van der Waals surface area (Å²) < 4.78 is 11.0. The molecule has 5 heteroatoms. The predicted octanol–water partition coefficient (Wildman–Crippen LogP) is 3.38. The molecule has 1 aliphatic heterocycles. The first-order valence-corrected chi connectivity index (χ1v) is 9.15. The maximum Gasteiger partial charge on any atom is 0.309 e. The molecule has 1 aromatic rings. The van der Waals surface area contributed by atoms with Gasteiger partial charge < -0.3 is 14.4 Å². The molecule has 0 saturated carbocycles. The molecule has 1 atom stereocenters. The number of amides is 1. The molecule has 2 rings (SSSR count). The standard InChI is InChI=1S/C20H29NO4/c1-5-24-20(23)16-10-12-21(13-11-16)19(22)15(4)25-18-9-7-6-8-17(18)14(2)3/h6-9,14-16H,5,10-13H2,1-4H3/t15-/m1/s1. The van der Waals surface area contributed by atoms with Crippen molar-refractivity contribution in [2.24, 2.45) is 5.92 Å². The van der Waals surface area contributed by atoms with Crippen LogP contribution >= 0.6 is 0 Å². The second-order valence-corrected chi connectivity index (χ2v) is 6.80. The monoisotopic (exact) mass is 347 g/mol. The van der Waals surface area contributed by atoms with E-state index in [1.807, 2.05) is 31.2 Å². The number of hydrogen-bond donors (Lipinski definition) is 0. The highest BCUT2D eigenvalue weighted by atomic mass is 16.5. The lowest BCUT2D eigenvalue weighted by Crippen LogP contribution is -2.46. The molecule has 1 aromatic carbocycles. The van der Waals surface area contributed by atoms with Gasteiger partial charge in [-0.2, -0.15) is 0 Å². The van der Waals surface area contributed by atoms with Gasteiger partial charge in [-0.05, 0) is 44.2 Å². The van der Waals surface area contributed by atoms with Crippen LogP contribution in [0.15, 0.2) is 24.3 Å². The Morgan fingerprint density at radius 3 is 2.40 bits per heavy atom. The summed E-state index contributed by atoms with van der Waals surface area (Å²) in [6, 6.07) is 7.84. The van der Waals surface area contributed by atoms with Crippen molar-refractivity contribution in [3.63, 3.8) is 0 Å². The number of esters is 1. The largest absolute Gasteiger partial charge is 0.481 e. The first-order chi connectivity index (χ1) is 11.9. The number of rotatable bonds is 6. The lowest BCUT2D eigenvalue weighted by molar-refractivity contribution is -0.152. The number of ether oxygens (including phenoxy) is 2. The van der Waals surface area contributed by atoms with Gasteiger partial charge in [0.15, 0.2) is 6.10 Å². The normalized spacial score (nSPS) is 16.6. The van der Waals surface area contributed by atoms with Crippen molar-refractivity contribution in [3.05, 3.63) is 29.8 Å². The van der Waals surface area contributed by atoms with Gasteiger partial charge in [0.05, 0.1) is 12.5 Å². The van der Waals surface area contributed by atoms with Crippen molar-refractivity contribution in [2.45, 2.75) is 52.6 Å². The van der Waals surface area contributed by atoms with E-state index in [1.165, 1.54) is 0 Å². The zero-order chi connectivity index (χ0) is 18.4. The van der Waals surface area contributed by atoms with Gasteiger partial charge in [0.2, 0.25) is 0 Å². The number of likely N-dealkylation sites (tertiary alicyclic amines) is 1. The summed E-state index contributed by atoms with van der Waals surface area (Å²) in [4.78, 5) is 26.3. The van der Waals surface area contributed by atoms with Crippen molar-refractivity contribution < 1.29 is 19.1 Å². The van der Waals surface area contributed by atoms with Gasteiger partial charge in [-0.15, -0.1) is 0 Å². The molecule has 5 nitrogen and oxygen atoms in total. The molecule has 0 unspecified atom stereocenters. The lowest BCUT2D eigenvalue weighted by Gasteiger charge is -2.32. The van der Waals surface area contributed by atoms with E-state index in [0.717, 1.165) is 11.3 Å². The van der Waals surface area contributed by atoms with Crippen molar-refractivity contribution in [2.75, 3.05) is 19.7 Å². The van der Waals surface area contributed by atoms with E-state index in [9.17, 15) is 9.59 Å². The zero-order valence-corrected chi connectivity index (χ0v) is 15.7. The number of carbonyl (C=O) groups excluding carboxylic acids is 2. The second kappa shape index (κ2) is 8.88. The molecule has 138 valence electrons. The van der Waals surface area contributed by atoms with E-state index in [4.69, 9.17) is 9.47 Å². The van der Waals surface area contributed by atoms with E-state index in [0.29, 0.717) is 38.5 Å². The first kappa shape index (κ1) is 19.3. The third-order valence-corrected chi connectivity index (χ3v) is 4.62. The van der Waals surface area contributed by atoms with Gasteiger partial charge in [0, 0.05) is 13.1 Å². The Kier molecular flexibility index (Phi) is 6.85. The zero-order valence-electron chi connectivity index (χ0n) is 15.7. The van der Waals surface area contributed by atoms with Gasteiger partial charge >= 0.3 is 5.97 Å². The van der Waals surface area contributed by atoms with Crippen LogP contribution in [0, 0.1) is 5.92 Å². The number of nitrogens with zero attached hydrogens (tertiary/aromatic N) is 1. The Hall–Kier alpha value is -2.04. The molecule has 1 amide bonds. The third kappa shape index (κ3) is 4.97. The average Bonchev–Trinajstić information content (AvgIpc) is 2.61. The molecule has 1 aliphatic rings. The summed E-state index contributed by atoms with van der Waals surface area (Å²) in [5, 5.41) is 0. The summed E-state index contributed by atoms with van der Waals surface area (Å²) >= 11 is 0. The second-order valence-electron chi connectivity index (χ2n) is 6.80. The smallest absolute Gasteiger partial charge is 0.309 e. The maximum atomic E-state index is 12.7. The van der Waals surface area contributed by atoms with Crippen molar-refractivity contribution in [1.29, 1.82) is 0 Å². The SMILES string of the molecule is CCOC(=O)C1CCN(C(=O)[C@@H](C)Oc2ccccc2C(C)C)CC1. The summed E-state index contributed by atoms with van der Waals surface area (Å²) in [6.07, 6.45) is 0.763. The molecule has 0 aromatic heterocycles. The summed E-state index contributed by atoms with van der Waals surface area (Å²) in [5.41, 5.74) is 1.10. The Balaban J connectivity index is 1.92. The van der Waals surface area contributed by atoms with E-state index in [1.54, 1.807) is 11.8 Å². The number of benzene rings is 1. The summed E-state index contributed by atoms with van der Waals surface area (Å²) in [6.45, 7) is 9.35. The third-order valence-electron chi connectivity index (χ3n) is 4.62. The Morgan fingerprint density at radius 1 is 1.16 bits per heavy atom. The predicted molar refractivity (Wildman–Crippen MR) is 96.6 cm³/mol. The topological polar surface area (TPSA) is 55.8 Å². The molecule has 25 heavy (non-hydrogen) atoms. The first-order valence-electron chi connectivity index (χ1n) is 9.15. The quantitative estimate of drug-likeness (QED) is 0.740. The van der Waals surface area contributed by atoms with Crippen LogP contribution in [0.5, 0.6) is 5.75 Å². The number of piperidine rings is 1. The number of hydrogen-bond acceptors (Lipinski definition) is 4. The Labute approximate surface area is 150 Å². The van der Waals surface area contributed by atoms with Crippen LogP contribution < -0.4 is 4.74 Å². The van der Waals surface area contributed by atoms with Crippen LogP contribution in [-0.4, -0.2) is 42.6 Å². The molecule has 0 N–H and O–H groups in total. The van der Waals surface area contributed by atoms with Crippen LogP contribution in [0.25, 0.3) is 0 Å². The number of para-hydroxylation sites is 1. The van der Waals surface area contributed by atoms with E-state index >= 15 is 0 Å². The van der Waals surface area contributed by atoms with E-state index in [-0.39, 0.29) is 17.8 Å². The molecule has 1 saturated heterocycles.